The molecule has 1 fully saturated rings. The topological polar surface area (TPSA) is 99.4 Å². The second-order valence-corrected chi connectivity index (χ2v) is 9.05. The van der Waals surface area contributed by atoms with Crippen molar-refractivity contribution in [1.82, 2.24) is 24.4 Å². The first-order valence-corrected chi connectivity index (χ1v) is 11.2. The molecule has 1 aliphatic rings. The van der Waals surface area contributed by atoms with E-state index >= 15 is 0 Å². The average molecular weight is 535 g/mol. The summed E-state index contributed by atoms with van der Waals surface area (Å²) in [5.41, 5.74) is 1.11. The molecule has 0 N–H and O–H groups in total. The maximum absolute atomic E-state index is 12.8. The largest absolute Gasteiger partial charge is 0.436 e. The number of carbonyl (C=O) groups is 1. The van der Waals surface area contributed by atoms with Crippen LogP contribution in [0.5, 0.6) is 11.6 Å². The van der Waals surface area contributed by atoms with Gasteiger partial charge in [0.2, 0.25) is 5.88 Å². The zero-order valence-corrected chi connectivity index (χ0v) is 19.4. The molecule has 1 atom stereocenters. The second-order valence-electron chi connectivity index (χ2n) is 7.29. The lowest BCUT2D eigenvalue weighted by Crippen LogP contribution is -2.41. The van der Waals surface area contributed by atoms with E-state index in [1.54, 1.807) is 27.8 Å². The van der Waals surface area contributed by atoms with Crippen LogP contribution in [0.3, 0.4) is 0 Å². The minimum Gasteiger partial charge on any atom is -0.436 e. The predicted octanol–water partition coefficient (Wildman–Crippen LogP) is 3.84. The number of amides is 1. The summed E-state index contributed by atoms with van der Waals surface area (Å²) in [7, 11) is 0. The molecule has 31 heavy (non-hydrogen) atoms. The first-order valence-electron chi connectivity index (χ1n) is 9.99. The Morgan fingerprint density at radius 3 is 2.68 bits per heavy atom. The molecule has 0 bridgehead atoms. The Hall–Kier alpha value is -2.76. The van der Waals surface area contributed by atoms with Crippen LogP contribution in [-0.2, 0) is 4.74 Å². The lowest BCUT2D eigenvalue weighted by Gasteiger charge is -2.32. The fraction of sp³-hybridized carbons (Fsp3) is 0.381. The highest BCUT2D eigenvalue weighted by Crippen LogP contribution is 2.30. The summed E-state index contributed by atoms with van der Waals surface area (Å²) in [6, 6.07) is 6.72. The first kappa shape index (κ1) is 21.5. The highest BCUT2D eigenvalue weighted by molar-refractivity contribution is 14.1. The normalized spacial score (nSPS) is 15.6. The first-order chi connectivity index (χ1) is 14.9. The van der Waals surface area contributed by atoms with Gasteiger partial charge in [-0.1, -0.05) is 0 Å². The van der Waals surface area contributed by atoms with Crippen molar-refractivity contribution in [2.75, 3.05) is 13.1 Å². The van der Waals surface area contributed by atoms with Crippen LogP contribution in [0.2, 0.25) is 0 Å². The van der Waals surface area contributed by atoms with E-state index in [2.05, 4.69) is 15.0 Å². The number of alkyl halides is 1. The van der Waals surface area contributed by atoms with Gasteiger partial charge in [0.05, 0.1) is 11.1 Å². The van der Waals surface area contributed by atoms with Gasteiger partial charge in [-0.3, -0.25) is 14.3 Å². The molecule has 4 heterocycles. The molecule has 0 aromatic carbocycles. The van der Waals surface area contributed by atoms with E-state index in [-0.39, 0.29) is 21.8 Å². The summed E-state index contributed by atoms with van der Waals surface area (Å²) in [6.45, 7) is 4.69. The molecule has 1 unspecified atom stereocenters. The number of fused-ring (bicyclic) bond motifs is 1. The van der Waals surface area contributed by atoms with Gasteiger partial charge in [-0.2, -0.15) is 0 Å². The Morgan fingerprint density at radius 1 is 1.19 bits per heavy atom. The van der Waals surface area contributed by atoms with Crippen molar-refractivity contribution in [3.05, 3.63) is 52.8 Å². The number of aromatic nitrogens is 4. The fourth-order valence-corrected chi connectivity index (χ4v) is 3.90. The number of piperidine rings is 1. The van der Waals surface area contributed by atoms with Crippen molar-refractivity contribution in [3.63, 3.8) is 0 Å². The molecule has 0 radical (unpaired) electrons. The lowest BCUT2D eigenvalue weighted by atomic mass is 10.0. The van der Waals surface area contributed by atoms with Crippen LogP contribution in [-0.4, -0.2) is 47.7 Å². The van der Waals surface area contributed by atoms with Crippen molar-refractivity contribution >= 4 is 39.7 Å². The third-order valence-electron chi connectivity index (χ3n) is 5.20. The standard InChI is InChI=1S/C21H22IN5O4/c1-13-17(4-3-9-23-13)31-20-16-5-6-18(28)27(19(16)24-12-25-20)15-7-10-26(11-8-15)21(29)30-14(2)22/h3-6,9,12,14-15H,7-8,10-11H2,1-2H3. The van der Waals surface area contributed by atoms with Crippen LogP contribution in [0.15, 0.2) is 41.6 Å². The van der Waals surface area contributed by atoms with Gasteiger partial charge in [-0.25, -0.2) is 14.8 Å². The molecule has 1 aliphatic heterocycles. The van der Waals surface area contributed by atoms with Gasteiger partial charge >= 0.3 is 6.09 Å². The summed E-state index contributed by atoms with van der Waals surface area (Å²) >= 11 is 2.05. The molecule has 4 rings (SSSR count). The number of nitrogens with zero attached hydrogens (tertiary/aromatic N) is 5. The van der Waals surface area contributed by atoms with Crippen LogP contribution in [0.25, 0.3) is 11.0 Å². The fourth-order valence-electron chi connectivity index (χ4n) is 3.68. The summed E-state index contributed by atoms with van der Waals surface area (Å²) in [6.07, 6.45) is 4.03. The van der Waals surface area contributed by atoms with E-state index in [4.69, 9.17) is 9.47 Å². The van der Waals surface area contributed by atoms with E-state index in [1.807, 2.05) is 42.5 Å². The molecular formula is C21H22IN5O4. The average Bonchev–Trinajstić information content (AvgIpc) is 2.75. The molecule has 3 aromatic rings. The van der Waals surface area contributed by atoms with E-state index in [1.165, 1.54) is 12.4 Å². The Kier molecular flexibility index (Phi) is 6.35. The Labute approximate surface area is 192 Å². The smallest absolute Gasteiger partial charge is 0.410 e. The van der Waals surface area contributed by atoms with Crippen LogP contribution in [0, 0.1) is 6.92 Å². The number of rotatable bonds is 4. The van der Waals surface area contributed by atoms with Gasteiger partial charge in [0.25, 0.3) is 5.56 Å². The van der Waals surface area contributed by atoms with E-state index in [9.17, 15) is 9.59 Å². The van der Waals surface area contributed by atoms with Crippen LogP contribution < -0.4 is 10.3 Å². The van der Waals surface area contributed by atoms with E-state index < -0.39 is 0 Å². The number of likely N-dealkylation sites (tertiary alicyclic amines) is 1. The number of ether oxygens (including phenoxy) is 2. The zero-order valence-electron chi connectivity index (χ0n) is 17.2. The molecule has 0 aliphatic carbocycles. The number of hydrogen-bond donors (Lipinski definition) is 0. The molecule has 162 valence electrons. The van der Waals surface area contributed by atoms with Crippen LogP contribution >= 0.6 is 22.6 Å². The van der Waals surface area contributed by atoms with Gasteiger partial charge < -0.3 is 14.4 Å². The summed E-state index contributed by atoms with van der Waals surface area (Å²) in [5.74, 6) is 0.962. The van der Waals surface area contributed by atoms with Crippen molar-refractivity contribution in [2.45, 2.75) is 36.8 Å². The molecule has 9 nitrogen and oxygen atoms in total. The third kappa shape index (κ3) is 4.63. The monoisotopic (exact) mass is 535 g/mol. The Morgan fingerprint density at radius 2 is 1.97 bits per heavy atom. The molecule has 1 amide bonds. The van der Waals surface area contributed by atoms with Crippen molar-refractivity contribution in [3.8, 4) is 11.6 Å². The summed E-state index contributed by atoms with van der Waals surface area (Å²) in [5, 5.41) is 0.644. The van der Waals surface area contributed by atoms with E-state index in [0.29, 0.717) is 48.6 Å². The lowest BCUT2D eigenvalue weighted by molar-refractivity contribution is 0.0883. The van der Waals surface area contributed by atoms with Gasteiger partial charge in [-0.15, -0.1) is 0 Å². The highest BCUT2D eigenvalue weighted by Gasteiger charge is 2.27. The van der Waals surface area contributed by atoms with Gasteiger partial charge in [0, 0.05) is 31.4 Å². The maximum Gasteiger partial charge on any atom is 0.410 e. The van der Waals surface area contributed by atoms with Gasteiger partial charge in [0.15, 0.2) is 9.86 Å². The van der Waals surface area contributed by atoms with E-state index in [0.717, 1.165) is 5.69 Å². The second kappa shape index (κ2) is 9.16. The number of hydrogen-bond acceptors (Lipinski definition) is 7. The van der Waals surface area contributed by atoms with Gasteiger partial charge in [-0.05, 0) is 67.5 Å². The molecular weight excluding hydrogens is 513 g/mol. The molecule has 3 aromatic heterocycles. The number of carbonyl (C=O) groups excluding carboxylic acids is 1. The molecule has 0 saturated carbocycles. The van der Waals surface area contributed by atoms with Crippen molar-refractivity contribution < 1.29 is 14.3 Å². The zero-order chi connectivity index (χ0) is 22.0. The minimum absolute atomic E-state index is 0.0832. The van der Waals surface area contributed by atoms with Crippen LogP contribution in [0.4, 0.5) is 4.79 Å². The summed E-state index contributed by atoms with van der Waals surface area (Å²) < 4.78 is 12.8. The minimum atomic E-state index is -0.324. The molecule has 1 saturated heterocycles. The quantitative estimate of drug-likeness (QED) is 0.370. The SMILES string of the molecule is Cc1ncccc1Oc1ncnc2c1ccc(=O)n2C1CCN(C(=O)OC(C)I)CC1. The third-order valence-corrected chi connectivity index (χ3v) is 5.45. The summed E-state index contributed by atoms with van der Waals surface area (Å²) in [4.78, 5) is 39.5. The molecule has 10 heteroatoms. The number of pyridine rings is 2. The van der Waals surface area contributed by atoms with Crippen molar-refractivity contribution in [2.24, 2.45) is 0 Å². The molecule has 0 spiro atoms. The highest BCUT2D eigenvalue weighted by atomic mass is 127. The number of halogens is 1. The van der Waals surface area contributed by atoms with Gasteiger partial charge in [0.1, 0.15) is 12.0 Å². The van der Waals surface area contributed by atoms with Crippen molar-refractivity contribution in [1.29, 1.82) is 0 Å². The number of aryl methyl sites for hydroxylation is 1. The Balaban J connectivity index is 1.62. The maximum atomic E-state index is 12.8. The predicted molar refractivity (Wildman–Crippen MR) is 123 cm³/mol. The Bertz CT molecular complexity index is 1160. The van der Waals surface area contributed by atoms with Crippen LogP contribution in [0.1, 0.15) is 31.5 Å².